The molecule has 0 saturated carbocycles. The fourth-order valence-corrected chi connectivity index (χ4v) is 3.29. The number of aromatic nitrogens is 3. The minimum Gasteiger partial charge on any atom is -0.314 e. The highest BCUT2D eigenvalue weighted by atomic mass is 19.1. The summed E-state index contributed by atoms with van der Waals surface area (Å²) in [6, 6.07) is 9.58. The van der Waals surface area contributed by atoms with Gasteiger partial charge in [0.05, 0.1) is 5.69 Å². The van der Waals surface area contributed by atoms with Gasteiger partial charge in [0.15, 0.2) is 5.82 Å². The second-order valence-electron chi connectivity index (χ2n) is 6.32. The van der Waals surface area contributed by atoms with E-state index in [0.717, 1.165) is 37.0 Å². The van der Waals surface area contributed by atoms with Gasteiger partial charge in [-0.1, -0.05) is 6.07 Å². The van der Waals surface area contributed by atoms with Crippen LogP contribution in [0, 0.1) is 11.6 Å². The van der Waals surface area contributed by atoms with Crippen molar-refractivity contribution in [3.05, 3.63) is 77.9 Å². The molecule has 1 aliphatic heterocycles. The maximum Gasteiger partial charge on any atom is 0.151 e. The summed E-state index contributed by atoms with van der Waals surface area (Å²) in [5.41, 5.74) is 2.23. The van der Waals surface area contributed by atoms with Gasteiger partial charge in [-0.15, -0.1) is 0 Å². The van der Waals surface area contributed by atoms with Crippen molar-refractivity contribution in [3.8, 4) is 5.69 Å². The molecule has 1 aliphatic rings. The summed E-state index contributed by atoms with van der Waals surface area (Å²) in [5.74, 6) is -1.23. The molecule has 1 aromatic carbocycles. The number of nitrogens with zero attached hydrogens (tertiary/aromatic N) is 4. The van der Waals surface area contributed by atoms with Crippen molar-refractivity contribution in [1.29, 1.82) is 0 Å². The molecule has 1 unspecified atom stereocenters. The molecule has 2 aromatic heterocycles. The van der Waals surface area contributed by atoms with Gasteiger partial charge in [-0.05, 0) is 29.8 Å². The van der Waals surface area contributed by atoms with Crippen LogP contribution in [0.2, 0.25) is 0 Å². The molecule has 1 fully saturated rings. The lowest BCUT2D eigenvalue weighted by Crippen LogP contribution is -2.45. The number of piperazine rings is 1. The lowest BCUT2D eigenvalue weighted by molar-refractivity contribution is 0.151. The molecule has 0 radical (unpaired) electrons. The van der Waals surface area contributed by atoms with E-state index in [9.17, 15) is 8.78 Å². The van der Waals surface area contributed by atoms with Crippen LogP contribution in [-0.4, -0.2) is 39.3 Å². The van der Waals surface area contributed by atoms with Crippen molar-refractivity contribution in [2.75, 3.05) is 19.6 Å². The van der Waals surface area contributed by atoms with E-state index in [1.54, 1.807) is 12.4 Å². The van der Waals surface area contributed by atoms with Crippen molar-refractivity contribution in [3.63, 3.8) is 0 Å². The molecule has 1 N–H and O–H groups in total. The second kappa shape index (κ2) is 7.31. The molecule has 0 bridgehead atoms. The van der Waals surface area contributed by atoms with E-state index in [1.807, 2.05) is 18.3 Å². The number of benzene rings is 1. The fourth-order valence-electron chi connectivity index (χ4n) is 3.29. The van der Waals surface area contributed by atoms with E-state index in [1.165, 1.54) is 16.8 Å². The highest BCUT2D eigenvalue weighted by Gasteiger charge is 2.24. The highest BCUT2D eigenvalue weighted by Crippen LogP contribution is 2.23. The van der Waals surface area contributed by atoms with Crippen LogP contribution < -0.4 is 5.32 Å². The predicted molar refractivity (Wildman–Crippen MR) is 93.7 cm³/mol. The Hall–Kier alpha value is -2.64. The Kier molecular flexibility index (Phi) is 4.73. The largest absolute Gasteiger partial charge is 0.314 e. The normalized spacial score (nSPS) is 18.2. The van der Waals surface area contributed by atoms with E-state index >= 15 is 0 Å². The van der Waals surface area contributed by atoms with Crippen LogP contribution in [0.25, 0.3) is 5.69 Å². The second-order valence-corrected chi connectivity index (χ2v) is 6.32. The summed E-state index contributed by atoms with van der Waals surface area (Å²) in [5, 5.41) is 7.88. The van der Waals surface area contributed by atoms with Gasteiger partial charge in [0, 0.05) is 56.9 Å². The molecule has 0 amide bonds. The fraction of sp³-hybridized carbons (Fsp3) is 0.263. The summed E-state index contributed by atoms with van der Waals surface area (Å²) < 4.78 is 28.5. The van der Waals surface area contributed by atoms with E-state index in [0.29, 0.717) is 6.54 Å². The van der Waals surface area contributed by atoms with Crippen LogP contribution in [-0.2, 0) is 6.54 Å². The summed E-state index contributed by atoms with van der Waals surface area (Å²) in [7, 11) is 0. The molecule has 26 heavy (non-hydrogen) atoms. The van der Waals surface area contributed by atoms with Gasteiger partial charge in [-0.2, -0.15) is 5.10 Å². The lowest BCUT2D eigenvalue weighted by Gasteiger charge is -2.35. The Labute approximate surface area is 150 Å². The third-order valence-electron chi connectivity index (χ3n) is 4.59. The van der Waals surface area contributed by atoms with Crippen LogP contribution in [0.1, 0.15) is 17.3 Å². The van der Waals surface area contributed by atoms with Gasteiger partial charge in [-0.25, -0.2) is 13.5 Å². The van der Waals surface area contributed by atoms with E-state index in [4.69, 9.17) is 0 Å². The van der Waals surface area contributed by atoms with Crippen LogP contribution >= 0.6 is 0 Å². The number of rotatable bonds is 4. The van der Waals surface area contributed by atoms with Crippen LogP contribution in [0.5, 0.6) is 0 Å². The molecule has 7 heteroatoms. The van der Waals surface area contributed by atoms with Crippen LogP contribution in [0.15, 0.2) is 55.0 Å². The summed E-state index contributed by atoms with van der Waals surface area (Å²) in [4.78, 5) is 6.55. The maximum absolute atomic E-state index is 14.0. The number of hydrogen-bond acceptors (Lipinski definition) is 4. The maximum atomic E-state index is 14.0. The number of halogens is 2. The van der Waals surface area contributed by atoms with E-state index in [-0.39, 0.29) is 11.7 Å². The Balaban J connectivity index is 1.54. The standard InChI is InChI=1S/C19H19F2N5/c20-15-3-4-18(17(21)10-15)26-8-5-16(24-26)13-25-9-7-23-12-19(25)14-2-1-6-22-11-14/h1-6,8,10-11,19,23H,7,9,12-13H2. The molecule has 3 aromatic rings. The molecule has 134 valence electrons. The quantitative estimate of drug-likeness (QED) is 0.782. The Bertz CT molecular complexity index is 881. The molecule has 1 atom stereocenters. The molecular weight excluding hydrogens is 336 g/mol. The van der Waals surface area contributed by atoms with Gasteiger partial charge >= 0.3 is 0 Å². The first-order valence-electron chi connectivity index (χ1n) is 8.55. The Morgan fingerprint density at radius 1 is 1.19 bits per heavy atom. The molecule has 0 spiro atoms. The number of hydrogen-bond donors (Lipinski definition) is 1. The van der Waals surface area contributed by atoms with E-state index in [2.05, 4.69) is 26.4 Å². The Morgan fingerprint density at radius 2 is 2.12 bits per heavy atom. The predicted octanol–water partition coefficient (Wildman–Crippen LogP) is 2.69. The number of nitrogens with one attached hydrogen (secondary N) is 1. The van der Waals surface area contributed by atoms with Gasteiger partial charge in [0.25, 0.3) is 0 Å². The monoisotopic (exact) mass is 355 g/mol. The van der Waals surface area contributed by atoms with Crippen molar-refractivity contribution < 1.29 is 8.78 Å². The topological polar surface area (TPSA) is 46.0 Å². The minimum atomic E-state index is -0.630. The van der Waals surface area contributed by atoms with Gasteiger partial charge < -0.3 is 5.32 Å². The third-order valence-corrected chi connectivity index (χ3v) is 4.59. The van der Waals surface area contributed by atoms with Crippen LogP contribution in [0.4, 0.5) is 8.78 Å². The summed E-state index contributed by atoms with van der Waals surface area (Å²) in [6.07, 6.45) is 5.35. The lowest BCUT2D eigenvalue weighted by atomic mass is 10.1. The van der Waals surface area contributed by atoms with Crippen LogP contribution in [0.3, 0.4) is 0 Å². The third kappa shape index (κ3) is 3.49. The zero-order valence-corrected chi connectivity index (χ0v) is 14.1. The molecule has 3 heterocycles. The zero-order valence-electron chi connectivity index (χ0n) is 14.1. The van der Waals surface area contributed by atoms with Gasteiger partial charge in [-0.3, -0.25) is 9.88 Å². The highest BCUT2D eigenvalue weighted by molar-refractivity contribution is 5.33. The average Bonchev–Trinajstić information content (AvgIpc) is 3.11. The first-order chi connectivity index (χ1) is 12.7. The average molecular weight is 355 g/mol. The summed E-state index contributed by atoms with van der Waals surface area (Å²) >= 11 is 0. The first kappa shape index (κ1) is 16.8. The summed E-state index contributed by atoms with van der Waals surface area (Å²) in [6.45, 7) is 3.29. The zero-order chi connectivity index (χ0) is 17.9. The molecule has 5 nitrogen and oxygen atoms in total. The molecule has 1 saturated heterocycles. The van der Waals surface area contributed by atoms with Crippen molar-refractivity contribution >= 4 is 0 Å². The SMILES string of the molecule is Fc1ccc(-n2ccc(CN3CCNCC3c3cccnc3)n2)c(F)c1. The molecular formula is C19H19F2N5. The van der Waals surface area contributed by atoms with Crippen molar-refractivity contribution in [1.82, 2.24) is 25.0 Å². The van der Waals surface area contributed by atoms with Crippen molar-refractivity contribution in [2.45, 2.75) is 12.6 Å². The minimum absolute atomic E-state index is 0.213. The van der Waals surface area contributed by atoms with Gasteiger partial charge in [0.1, 0.15) is 11.5 Å². The first-order valence-corrected chi connectivity index (χ1v) is 8.55. The Morgan fingerprint density at radius 3 is 2.92 bits per heavy atom. The van der Waals surface area contributed by atoms with E-state index < -0.39 is 11.6 Å². The van der Waals surface area contributed by atoms with Crippen molar-refractivity contribution in [2.24, 2.45) is 0 Å². The van der Waals surface area contributed by atoms with Gasteiger partial charge in [0.2, 0.25) is 0 Å². The molecule has 4 rings (SSSR count). The smallest absolute Gasteiger partial charge is 0.151 e. The molecule has 0 aliphatic carbocycles. The number of pyridine rings is 1.